The fourth-order valence-corrected chi connectivity index (χ4v) is 2.00. The molecule has 0 saturated carbocycles. The first-order valence-corrected chi connectivity index (χ1v) is 5.90. The zero-order chi connectivity index (χ0) is 11.5. The zero-order valence-corrected chi connectivity index (χ0v) is 11.0. The molecule has 0 aliphatic rings. The van der Waals surface area contributed by atoms with E-state index in [0.29, 0.717) is 16.0 Å². The number of rotatable bonds is 2. The van der Waals surface area contributed by atoms with Crippen LogP contribution in [0.15, 0.2) is 35.1 Å². The molecule has 1 aromatic carbocycles. The second kappa shape index (κ2) is 4.99. The van der Waals surface area contributed by atoms with Gasteiger partial charge in [-0.05, 0) is 18.2 Å². The van der Waals surface area contributed by atoms with Gasteiger partial charge in [-0.3, -0.25) is 0 Å². The second-order valence-electron chi connectivity index (χ2n) is 2.94. The van der Waals surface area contributed by atoms with Crippen LogP contribution in [-0.2, 0) is 0 Å². The molecule has 0 unspecified atom stereocenters. The van der Waals surface area contributed by atoms with Gasteiger partial charge in [0.1, 0.15) is 0 Å². The maximum Gasteiger partial charge on any atom is 0.171 e. The SMILES string of the molecule is Clc1cc(Br)ccc1Nc1nccnc1Cl. The Morgan fingerprint density at radius 2 is 1.88 bits per heavy atom. The third kappa shape index (κ3) is 2.64. The van der Waals surface area contributed by atoms with Gasteiger partial charge in [0.05, 0.1) is 10.7 Å². The van der Waals surface area contributed by atoms with E-state index in [-0.39, 0.29) is 0 Å². The van der Waals surface area contributed by atoms with Crippen molar-refractivity contribution in [2.75, 3.05) is 5.32 Å². The molecule has 6 heteroatoms. The van der Waals surface area contributed by atoms with Crippen LogP contribution in [0.3, 0.4) is 0 Å². The Labute approximate surface area is 111 Å². The molecule has 16 heavy (non-hydrogen) atoms. The quantitative estimate of drug-likeness (QED) is 0.897. The number of hydrogen-bond acceptors (Lipinski definition) is 3. The summed E-state index contributed by atoms with van der Waals surface area (Å²) in [6.07, 6.45) is 3.08. The number of halogens is 3. The number of aromatic nitrogens is 2. The van der Waals surface area contributed by atoms with E-state index in [1.807, 2.05) is 12.1 Å². The summed E-state index contributed by atoms with van der Waals surface area (Å²) in [5, 5.41) is 3.90. The van der Waals surface area contributed by atoms with E-state index in [4.69, 9.17) is 23.2 Å². The summed E-state index contributed by atoms with van der Waals surface area (Å²) in [4.78, 5) is 7.97. The Bertz CT molecular complexity index is 519. The summed E-state index contributed by atoms with van der Waals surface area (Å²) in [7, 11) is 0. The van der Waals surface area contributed by atoms with E-state index < -0.39 is 0 Å². The minimum Gasteiger partial charge on any atom is -0.336 e. The highest BCUT2D eigenvalue weighted by atomic mass is 79.9. The highest BCUT2D eigenvalue weighted by Crippen LogP contribution is 2.29. The van der Waals surface area contributed by atoms with Crippen molar-refractivity contribution in [1.29, 1.82) is 0 Å². The van der Waals surface area contributed by atoms with Crippen LogP contribution in [-0.4, -0.2) is 9.97 Å². The Kier molecular flexibility index (Phi) is 3.63. The van der Waals surface area contributed by atoms with E-state index in [1.54, 1.807) is 12.3 Å². The predicted octanol–water partition coefficient (Wildman–Crippen LogP) is 4.29. The predicted molar refractivity (Wildman–Crippen MR) is 69.5 cm³/mol. The Balaban J connectivity index is 2.31. The lowest BCUT2D eigenvalue weighted by atomic mass is 10.3. The second-order valence-corrected chi connectivity index (χ2v) is 4.63. The monoisotopic (exact) mass is 317 g/mol. The smallest absolute Gasteiger partial charge is 0.171 e. The number of benzene rings is 1. The van der Waals surface area contributed by atoms with Crippen molar-refractivity contribution < 1.29 is 0 Å². The van der Waals surface area contributed by atoms with E-state index in [1.165, 1.54) is 6.20 Å². The van der Waals surface area contributed by atoms with Gasteiger partial charge in [-0.25, -0.2) is 9.97 Å². The largest absolute Gasteiger partial charge is 0.336 e. The molecule has 1 aromatic heterocycles. The molecule has 0 bridgehead atoms. The molecule has 0 saturated heterocycles. The van der Waals surface area contributed by atoms with Gasteiger partial charge in [-0.15, -0.1) is 0 Å². The maximum absolute atomic E-state index is 6.05. The molecular weight excluding hydrogens is 313 g/mol. The molecule has 0 aliphatic heterocycles. The fraction of sp³-hybridized carbons (Fsp3) is 0. The lowest BCUT2D eigenvalue weighted by Gasteiger charge is -2.08. The van der Waals surface area contributed by atoms with Crippen LogP contribution in [0.25, 0.3) is 0 Å². The van der Waals surface area contributed by atoms with Crippen molar-refractivity contribution in [2.24, 2.45) is 0 Å². The van der Waals surface area contributed by atoms with Gasteiger partial charge >= 0.3 is 0 Å². The van der Waals surface area contributed by atoms with Gasteiger partial charge in [-0.2, -0.15) is 0 Å². The third-order valence-corrected chi connectivity index (χ3v) is 2.92. The van der Waals surface area contributed by atoms with Crippen LogP contribution >= 0.6 is 39.1 Å². The third-order valence-electron chi connectivity index (χ3n) is 1.84. The van der Waals surface area contributed by atoms with Crippen molar-refractivity contribution in [3.8, 4) is 0 Å². The van der Waals surface area contributed by atoms with Gasteiger partial charge in [0.2, 0.25) is 0 Å². The summed E-state index contributed by atoms with van der Waals surface area (Å²) in [6.45, 7) is 0. The first-order chi connectivity index (χ1) is 7.66. The number of hydrogen-bond donors (Lipinski definition) is 1. The molecule has 0 radical (unpaired) electrons. The van der Waals surface area contributed by atoms with Crippen molar-refractivity contribution in [2.45, 2.75) is 0 Å². The first-order valence-electron chi connectivity index (χ1n) is 4.35. The standard InChI is InChI=1S/C10H6BrCl2N3/c11-6-1-2-8(7(12)5-6)16-10-9(13)14-3-4-15-10/h1-5H,(H,15,16). The lowest BCUT2D eigenvalue weighted by Crippen LogP contribution is -1.96. The van der Waals surface area contributed by atoms with Crippen molar-refractivity contribution in [3.63, 3.8) is 0 Å². The average Bonchev–Trinajstić information content (AvgIpc) is 2.25. The summed E-state index contributed by atoms with van der Waals surface area (Å²) in [6, 6.07) is 5.49. The van der Waals surface area contributed by atoms with Crippen LogP contribution in [0.5, 0.6) is 0 Å². The van der Waals surface area contributed by atoms with Gasteiger partial charge < -0.3 is 5.32 Å². The Morgan fingerprint density at radius 3 is 2.56 bits per heavy atom. The molecule has 0 spiro atoms. The molecular formula is C10H6BrCl2N3. The minimum absolute atomic E-state index is 0.307. The molecule has 2 rings (SSSR count). The number of nitrogens with one attached hydrogen (secondary N) is 1. The molecule has 1 heterocycles. The molecule has 1 N–H and O–H groups in total. The average molecular weight is 319 g/mol. The number of nitrogens with zero attached hydrogens (tertiary/aromatic N) is 2. The Hall–Kier alpha value is -0.840. The Morgan fingerprint density at radius 1 is 1.12 bits per heavy atom. The van der Waals surface area contributed by atoms with Crippen LogP contribution in [0.4, 0.5) is 11.5 Å². The summed E-state index contributed by atoms with van der Waals surface area (Å²) < 4.78 is 0.910. The first kappa shape index (κ1) is 11.6. The fourth-order valence-electron chi connectivity index (χ4n) is 1.12. The normalized spacial score (nSPS) is 10.2. The molecule has 0 amide bonds. The van der Waals surface area contributed by atoms with Crippen LogP contribution < -0.4 is 5.32 Å². The van der Waals surface area contributed by atoms with E-state index in [0.717, 1.165) is 10.2 Å². The molecule has 82 valence electrons. The summed E-state index contributed by atoms with van der Waals surface area (Å²) in [5.41, 5.74) is 0.729. The van der Waals surface area contributed by atoms with E-state index in [2.05, 4.69) is 31.2 Å². The zero-order valence-electron chi connectivity index (χ0n) is 7.92. The van der Waals surface area contributed by atoms with Gasteiger partial charge in [0, 0.05) is 16.9 Å². The molecule has 0 atom stereocenters. The highest BCUT2D eigenvalue weighted by molar-refractivity contribution is 9.10. The van der Waals surface area contributed by atoms with Crippen LogP contribution in [0.2, 0.25) is 10.2 Å². The van der Waals surface area contributed by atoms with Gasteiger partial charge in [-0.1, -0.05) is 39.1 Å². The minimum atomic E-state index is 0.307. The summed E-state index contributed by atoms with van der Waals surface area (Å²) in [5.74, 6) is 0.480. The van der Waals surface area contributed by atoms with Gasteiger partial charge in [0.25, 0.3) is 0 Å². The number of anilines is 2. The van der Waals surface area contributed by atoms with Crippen molar-refractivity contribution in [3.05, 3.63) is 45.2 Å². The van der Waals surface area contributed by atoms with E-state index in [9.17, 15) is 0 Å². The van der Waals surface area contributed by atoms with Crippen LogP contribution in [0.1, 0.15) is 0 Å². The highest BCUT2D eigenvalue weighted by Gasteiger charge is 2.05. The topological polar surface area (TPSA) is 37.8 Å². The maximum atomic E-state index is 6.05. The van der Waals surface area contributed by atoms with Crippen molar-refractivity contribution >= 4 is 50.6 Å². The van der Waals surface area contributed by atoms with Crippen LogP contribution in [0, 0.1) is 0 Å². The molecule has 0 fully saturated rings. The molecule has 3 nitrogen and oxygen atoms in total. The molecule has 2 aromatic rings. The van der Waals surface area contributed by atoms with Crippen molar-refractivity contribution in [1.82, 2.24) is 9.97 Å². The summed E-state index contributed by atoms with van der Waals surface area (Å²) >= 11 is 15.2. The lowest BCUT2D eigenvalue weighted by molar-refractivity contribution is 1.20. The molecule has 0 aliphatic carbocycles. The van der Waals surface area contributed by atoms with Gasteiger partial charge in [0.15, 0.2) is 11.0 Å². The van der Waals surface area contributed by atoms with E-state index >= 15 is 0 Å².